The Labute approximate surface area is 186 Å². The van der Waals surface area contributed by atoms with Gasteiger partial charge in [-0.3, -0.25) is 9.59 Å². The molecule has 31 heavy (non-hydrogen) atoms. The highest BCUT2D eigenvalue weighted by molar-refractivity contribution is 7.12. The zero-order valence-electron chi connectivity index (χ0n) is 17.7. The van der Waals surface area contributed by atoms with E-state index in [1.54, 1.807) is 11.8 Å². The van der Waals surface area contributed by atoms with Gasteiger partial charge in [0.2, 0.25) is 0 Å². The number of amides is 1. The van der Waals surface area contributed by atoms with Crippen molar-refractivity contribution in [1.29, 1.82) is 0 Å². The minimum Gasteiger partial charge on any atom is -0.320 e. The van der Waals surface area contributed by atoms with Gasteiger partial charge in [-0.05, 0) is 48.6 Å². The van der Waals surface area contributed by atoms with Crippen molar-refractivity contribution in [2.45, 2.75) is 39.8 Å². The number of ketones is 1. The van der Waals surface area contributed by atoms with Crippen molar-refractivity contribution in [3.63, 3.8) is 0 Å². The second-order valence-electron chi connectivity index (χ2n) is 7.59. The van der Waals surface area contributed by atoms with Gasteiger partial charge in [-0.1, -0.05) is 43.3 Å². The van der Waals surface area contributed by atoms with E-state index in [9.17, 15) is 9.59 Å². The van der Waals surface area contributed by atoms with Crippen LogP contribution >= 0.6 is 11.3 Å². The third-order valence-corrected chi connectivity index (χ3v) is 6.00. The first kappa shape index (κ1) is 21.0. The van der Waals surface area contributed by atoms with Crippen molar-refractivity contribution in [1.82, 2.24) is 9.55 Å². The summed E-state index contributed by atoms with van der Waals surface area (Å²) in [5.41, 5.74) is 3.58. The number of fused-ring (bicyclic) bond motifs is 1. The SMILES string of the molecule is CCCc1nc2cc(N(Cc3ccccc3)C(=O)c3cccs3)ccc2n1CC(C)=O. The highest BCUT2D eigenvalue weighted by atomic mass is 32.1. The van der Waals surface area contributed by atoms with Crippen molar-refractivity contribution in [2.75, 3.05) is 4.90 Å². The Kier molecular flexibility index (Phi) is 6.28. The van der Waals surface area contributed by atoms with E-state index in [4.69, 9.17) is 4.98 Å². The molecule has 0 atom stereocenters. The molecule has 2 aromatic carbocycles. The molecule has 158 valence electrons. The molecular formula is C25H25N3O2S. The van der Waals surface area contributed by atoms with E-state index in [1.807, 2.05) is 70.6 Å². The summed E-state index contributed by atoms with van der Waals surface area (Å²) in [6.45, 7) is 4.48. The van der Waals surface area contributed by atoms with Gasteiger partial charge in [0.1, 0.15) is 11.6 Å². The van der Waals surface area contributed by atoms with E-state index >= 15 is 0 Å². The zero-order chi connectivity index (χ0) is 21.8. The molecule has 0 bridgehead atoms. The first-order valence-electron chi connectivity index (χ1n) is 10.4. The van der Waals surface area contributed by atoms with E-state index in [0.717, 1.165) is 41.0 Å². The van der Waals surface area contributed by atoms with E-state index in [0.29, 0.717) is 18.0 Å². The highest BCUT2D eigenvalue weighted by Gasteiger charge is 2.21. The van der Waals surface area contributed by atoms with Crippen LogP contribution < -0.4 is 4.90 Å². The molecule has 4 aromatic rings. The average molecular weight is 432 g/mol. The number of hydrogen-bond acceptors (Lipinski definition) is 4. The van der Waals surface area contributed by atoms with Gasteiger partial charge >= 0.3 is 0 Å². The summed E-state index contributed by atoms with van der Waals surface area (Å²) in [7, 11) is 0. The molecule has 5 nitrogen and oxygen atoms in total. The predicted octanol–water partition coefficient (Wildman–Crippen LogP) is 5.49. The van der Waals surface area contributed by atoms with E-state index < -0.39 is 0 Å². The summed E-state index contributed by atoms with van der Waals surface area (Å²) in [6, 6.07) is 19.6. The number of imidazole rings is 1. The number of Topliss-reactive ketones (excluding diaryl/α,β-unsaturated/α-hetero) is 1. The summed E-state index contributed by atoms with van der Waals surface area (Å²) in [5.74, 6) is 0.971. The summed E-state index contributed by atoms with van der Waals surface area (Å²) in [4.78, 5) is 32.4. The Bertz CT molecular complexity index is 1200. The van der Waals surface area contributed by atoms with E-state index in [2.05, 4.69) is 6.92 Å². The van der Waals surface area contributed by atoms with Crippen LogP contribution in [0.4, 0.5) is 5.69 Å². The van der Waals surface area contributed by atoms with Crippen molar-refractivity contribution in [2.24, 2.45) is 0 Å². The predicted molar refractivity (Wildman–Crippen MR) is 126 cm³/mol. The summed E-state index contributed by atoms with van der Waals surface area (Å²) in [5, 5.41) is 1.91. The summed E-state index contributed by atoms with van der Waals surface area (Å²) >= 11 is 1.44. The number of carbonyl (C=O) groups excluding carboxylic acids is 2. The van der Waals surface area contributed by atoms with Crippen LogP contribution in [-0.4, -0.2) is 21.2 Å². The van der Waals surface area contributed by atoms with E-state index in [1.165, 1.54) is 11.3 Å². The van der Waals surface area contributed by atoms with E-state index in [-0.39, 0.29) is 11.7 Å². The first-order valence-corrected chi connectivity index (χ1v) is 11.3. The molecule has 2 aromatic heterocycles. The Morgan fingerprint density at radius 3 is 2.55 bits per heavy atom. The average Bonchev–Trinajstić information content (AvgIpc) is 3.41. The van der Waals surface area contributed by atoms with Crippen LogP contribution in [-0.2, 0) is 24.3 Å². The maximum Gasteiger partial charge on any atom is 0.268 e. The lowest BCUT2D eigenvalue weighted by Crippen LogP contribution is -2.29. The number of aryl methyl sites for hydroxylation is 1. The van der Waals surface area contributed by atoms with Crippen LogP contribution in [0.1, 0.15) is 41.3 Å². The van der Waals surface area contributed by atoms with Crippen molar-refractivity contribution in [3.8, 4) is 0 Å². The number of aromatic nitrogens is 2. The van der Waals surface area contributed by atoms with Crippen molar-refractivity contribution in [3.05, 3.63) is 82.3 Å². The topological polar surface area (TPSA) is 55.2 Å². The molecule has 0 N–H and O–H groups in total. The monoisotopic (exact) mass is 431 g/mol. The second kappa shape index (κ2) is 9.27. The van der Waals surface area contributed by atoms with Crippen LogP contribution in [0.25, 0.3) is 11.0 Å². The number of thiophene rings is 1. The number of rotatable bonds is 8. The minimum atomic E-state index is -0.0323. The maximum atomic E-state index is 13.3. The van der Waals surface area contributed by atoms with Gasteiger partial charge in [0, 0.05) is 12.1 Å². The lowest BCUT2D eigenvalue weighted by Gasteiger charge is -2.22. The fourth-order valence-corrected chi connectivity index (χ4v) is 4.40. The molecule has 0 spiro atoms. The van der Waals surface area contributed by atoms with Gasteiger partial charge < -0.3 is 9.47 Å². The maximum absolute atomic E-state index is 13.3. The molecule has 2 heterocycles. The molecule has 0 saturated heterocycles. The lowest BCUT2D eigenvalue weighted by molar-refractivity contribution is -0.117. The minimum absolute atomic E-state index is 0.0323. The summed E-state index contributed by atoms with van der Waals surface area (Å²) in [6.07, 6.45) is 1.75. The molecule has 0 saturated carbocycles. The van der Waals surface area contributed by atoms with Crippen molar-refractivity contribution < 1.29 is 9.59 Å². The third kappa shape index (κ3) is 4.59. The van der Waals surface area contributed by atoms with Crippen LogP contribution in [0, 0.1) is 0 Å². The molecule has 0 radical (unpaired) electrons. The lowest BCUT2D eigenvalue weighted by atomic mass is 10.1. The van der Waals surface area contributed by atoms with Gasteiger partial charge in [-0.2, -0.15) is 0 Å². The number of nitrogens with zero attached hydrogens (tertiary/aromatic N) is 3. The van der Waals surface area contributed by atoms with Gasteiger partial charge in [-0.25, -0.2) is 4.98 Å². The number of anilines is 1. The Morgan fingerprint density at radius 1 is 1.06 bits per heavy atom. The molecule has 6 heteroatoms. The molecule has 0 fully saturated rings. The Hall–Kier alpha value is -3.25. The Balaban J connectivity index is 1.77. The number of carbonyl (C=O) groups is 2. The van der Waals surface area contributed by atoms with Crippen molar-refractivity contribution >= 4 is 39.7 Å². The smallest absolute Gasteiger partial charge is 0.268 e. The quantitative estimate of drug-likeness (QED) is 0.371. The van der Waals surface area contributed by atoms with Crippen LogP contribution in [0.5, 0.6) is 0 Å². The number of hydrogen-bond donors (Lipinski definition) is 0. The van der Waals surface area contributed by atoms with Gasteiger partial charge in [0.05, 0.1) is 29.0 Å². The fraction of sp³-hybridized carbons (Fsp3) is 0.240. The molecule has 0 unspecified atom stereocenters. The molecule has 0 aliphatic rings. The molecule has 0 aliphatic heterocycles. The highest BCUT2D eigenvalue weighted by Crippen LogP contribution is 2.27. The number of benzene rings is 2. The van der Waals surface area contributed by atoms with Gasteiger partial charge in [-0.15, -0.1) is 11.3 Å². The van der Waals surface area contributed by atoms with Gasteiger partial charge in [0.15, 0.2) is 0 Å². The fourth-order valence-electron chi connectivity index (χ4n) is 3.73. The summed E-state index contributed by atoms with van der Waals surface area (Å²) < 4.78 is 1.99. The Morgan fingerprint density at radius 2 is 1.87 bits per heavy atom. The largest absolute Gasteiger partial charge is 0.320 e. The second-order valence-corrected chi connectivity index (χ2v) is 8.54. The third-order valence-electron chi connectivity index (χ3n) is 5.14. The molecule has 4 rings (SSSR count). The molecular weight excluding hydrogens is 406 g/mol. The standard InChI is InChI=1S/C25H25N3O2S/c1-3-8-24-26-21-15-20(12-13-22(21)28(24)16-18(2)29)27(17-19-9-5-4-6-10-19)25(30)23-11-7-14-31-23/h4-7,9-15H,3,8,16-17H2,1-2H3. The first-order chi connectivity index (χ1) is 15.1. The van der Waals surface area contributed by atoms with Crippen LogP contribution in [0.15, 0.2) is 66.0 Å². The van der Waals surface area contributed by atoms with Crippen LogP contribution in [0.2, 0.25) is 0 Å². The van der Waals surface area contributed by atoms with Crippen LogP contribution in [0.3, 0.4) is 0 Å². The zero-order valence-corrected chi connectivity index (χ0v) is 18.6. The normalized spacial score (nSPS) is 11.0. The molecule has 0 aliphatic carbocycles. The molecule has 1 amide bonds. The van der Waals surface area contributed by atoms with Gasteiger partial charge in [0.25, 0.3) is 5.91 Å².